The van der Waals surface area contributed by atoms with Crippen LogP contribution in [-0.4, -0.2) is 55.5 Å². The van der Waals surface area contributed by atoms with E-state index in [2.05, 4.69) is 45.2 Å². The molecule has 2 atom stereocenters. The second-order valence-corrected chi connectivity index (χ2v) is 6.34. The molecule has 0 radical (unpaired) electrons. The fourth-order valence-electron chi connectivity index (χ4n) is 2.67. The third-order valence-corrected chi connectivity index (χ3v) is 4.33. The fraction of sp³-hybridized carbons (Fsp3) is 0.533. The lowest BCUT2D eigenvalue weighted by Crippen LogP contribution is -2.58. The summed E-state index contributed by atoms with van der Waals surface area (Å²) in [6.07, 6.45) is 0. The lowest BCUT2D eigenvalue weighted by Gasteiger charge is -2.40. The van der Waals surface area contributed by atoms with Gasteiger partial charge in [0, 0.05) is 44.2 Å². The van der Waals surface area contributed by atoms with E-state index in [1.54, 1.807) is 4.90 Å². The van der Waals surface area contributed by atoms with Crippen molar-refractivity contribution in [3.8, 4) is 0 Å². The normalized spacial score (nSPS) is 21.5. The van der Waals surface area contributed by atoms with Crippen LogP contribution in [-0.2, 0) is 4.79 Å². The van der Waals surface area contributed by atoms with Gasteiger partial charge in [-0.05, 0) is 24.6 Å². The van der Waals surface area contributed by atoms with Gasteiger partial charge in [-0.1, -0.05) is 28.1 Å². The van der Waals surface area contributed by atoms with E-state index >= 15 is 0 Å². The van der Waals surface area contributed by atoms with Gasteiger partial charge < -0.3 is 10.2 Å². The maximum absolute atomic E-state index is 12.3. The van der Waals surface area contributed by atoms with Crippen LogP contribution < -0.4 is 5.32 Å². The Bertz CT molecular complexity index is 478. The molecule has 1 amide bonds. The summed E-state index contributed by atoms with van der Waals surface area (Å²) < 4.78 is 1.08. The number of carbonyl (C=O) groups excluding carboxylic acids is 1. The molecule has 1 N–H and O–H groups in total. The Morgan fingerprint density at radius 3 is 2.90 bits per heavy atom. The van der Waals surface area contributed by atoms with Crippen LogP contribution in [0.3, 0.4) is 0 Å². The molecular formula is C15H22BrN3O. The first-order valence-corrected chi connectivity index (χ1v) is 7.73. The van der Waals surface area contributed by atoms with Crippen LogP contribution in [0.15, 0.2) is 28.7 Å². The highest BCUT2D eigenvalue weighted by molar-refractivity contribution is 9.10. The molecule has 0 aromatic heterocycles. The maximum Gasteiger partial charge on any atom is 0.240 e. The topological polar surface area (TPSA) is 35.6 Å². The molecule has 1 aliphatic rings. The predicted octanol–water partition coefficient (Wildman–Crippen LogP) is 1.87. The van der Waals surface area contributed by atoms with E-state index in [0.717, 1.165) is 24.1 Å². The number of likely N-dealkylation sites (N-methyl/N-ethyl adjacent to an activating group) is 1. The van der Waals surface area contributed by atoms with Crippen molar-refractivity contribution >= 4 is 21.8 Å². The molecule has 2 rings (SSSR count). The summed E-state index contributed by atoms with van der Waals surface area (Å²) in [5, 5.41) is 3.32. The first-order valence-electron chi connectivity index (χ1n) is 6.94. The predicted molar refractivity (Wildman–Crippen MR) is 84.6 cm³/mol. The van der Waals surface area contributed by atoms with Gasteiger partial charge in [-0.2, -0.15) is 0 Å². The molecule has 0 saturated carbocycles. The average molecular weight is 340 g/mol. The SMILES string of the molecule is CC(c1cccc(Br)c1)N1CCNCC1C(=O)N(C)C. The molecular weight excluding hydrogens is 318 g/mol. The second kappa shape index (κ2) is 6.70. The molecule has 0 bridgehead atoms. The molecule has 5 heteroatoms. The zero-order chi connectivity index (χ0) is 14.7. The number of hydrogen-bond donors (Lipinski definition) is 1. The minimum absolute atomic E-state index is 0.0901. The minimum Gasteiger partial charge on any atom is -0.347 e. The highest BCUT2D eigenvalue weighted by Gasteiger charge is 2.33. The van der Waals surface area contributed by atoms with Gasteiger partial charge in [-0.3, -0.25) is 9.69 Å². The van der Waals surface area contributed by atoms with Gasteiger partial charge in [0.1, 0.15) is 6.04 Å². The molecule has 1 saturated heterocycles. The molecule has 110 valence electrons. The second-order valence-electron chi connectivity index (χ2n) is 5.42. The summed E-state index contributed by atoms with van der Waals surface area (Å²) >= 11 is 3.52. The molecule has 1 heterocycles. The Labute approximate surface area is 129 Å². The van der Waals surface area contributed by atoms with Crippen molar-refractivity contribution in [3.05, 3.63) is 34.3 Å². The highest BCUT2D eigenvalue weighted by Crippen LogP contribution is 2.26. The van der Waals surface area contributed by atoms with E-state index in [9.17, 15) is 4.79 Å². The summed E-state index contributed by atoms with van der Waals surface area (Å²) in [7, 11) is 3.64. The molecule has 1 aromatic carbocycles. The Kier molecular flexibility index (Phi) is 5.18. The molecule has 1 aliphatic heterocycles. The van der Waals surface area contributed by atoms with Gasteiger partial charge in [0.2, 0.25) is 5.91 Å². The molecule has 1 aromatic rings. The zero-order valence-electron chi connectivity index (χ0n) is 12.3. The van der Waals surface area contributed by atoms with Crippen LogP contribution in [0.5, 0.6) is 0 Å². The Hall–Kier alpha value is -0.910. The van der Waals surface area contributed by atoms with Gasteiger partial charge in [0.05, 0.1) is 0 Å². The summed E-state index contributed by atoms with van der Waals surface area (Å²) in [6.45, 7) is 4.70. The molecule has 1 fully saturated rings. The van der Waals surface area contributed by atoms with Crippen LogP contribution in [0, 0.1) is 0 Å². The number of hydrogen-bond acceptors (Lipinski definition) is 3. The van der Waals surface area contributed by atoms with E-state index < -0.39 is 0 Å². The van der Waals surface area contributed by atoms with Crippen molar-refractivity contribution in [2.75, 3.05) is 33.7 Å². The molecule has 2 unspecified atom stereocenters. The monoisotopic (exact) mass is 339 g/mol. The fourth-order valence-corrected chi connectivity index (χ4v) is 3.09. The van der Waals surface area contributed by atoms with Crippen molar-refractivity contribution in [2.45, 2.75) is 19.0 Å². The van der Waals surface area contributed by atoms with Crippen LogP contribution in [0.1, 0.15) is 18.5 Å². The van der Waals surface area contributed by atoms with Crippen molar-refractivity contribution < 1.29 is 4.79 Å². The summed E-state index contributed by atoms with van der Waals surface area (Å²) in [4.78, 5) is 16.3. The number of nitrogens with one attached hydrogen (secondary N) is 1. The third-order valence-electron chi connectivity index (χ3n) is 3.84. The Morgan fingerprint density at radius 2 is 2.25 bits per heavy atom. The molecule has 0 aliphatic carbocycles. The standard InChI is InChI=1S/C15H22BrN3O/c1-11(12-5-4-6-13(16)9-12)19-8-7-17-10-14(19)15(20)18(2)3/h4-6,9,11,14,17H,7-8,10H2,1-3H3. The van der Waals surface area contributed by atoms with Crippen LogP contribution in [0.25, 0.3) is 0 Å². The van der Waals surface area contributed by atoms with E-state index in [-0.39, 0.29) is 18.0 Å². The quantitative estimate of drug-likeness (QED) is 0.913. The van der Waals surface area contributed by atoms with Crippen LogP contribution in [0.4, 0.5) is 0 Å². The van der Waals surface area contributed by atoms with Crippen molar-refractivity contribution in [3.63, 3.8) is 0 Å². The van der Waals surface area contributed by atoms with Gasteiger partial charge in [0.15, 0.2) is 0 Å². The molecule has 0 spiro atoms. The number of rotatable bonds is 3. The smallest absolute Gasteiger partial charge is 0.240 e. The van der Waals surface area contributed by atoms with E-state index in [1.165, 1.54) is 5.56 Å². The lowest BCUT2D eigenvalue weighted by molar-refractivity contribution is -0.136. The van der Waals surface area contributed by atoms with Crippen LogP contribution >= 0.6 is 15.9 Å². The molecule has 20 heavy (non-hydrogen) atoms. The van der Waals surface area contributed by atoms with Crippen molar-refractivity contribution in [2.24, 2.45) is 0 Å². The highest BCUT2D eigenvalue weighted by atomic mass is 79.9. The minimum atomic E-state index is -0.0901. The third kappa shape index (κ3) is 3.40. The Morgan fingerprint density at radius 1 is 1.50 bits per heavy atom. The number of amides is 1. The summed E-state index contributed by atoms with van der Waals surface area (Å²) in [5.41, 5.74) is 1.23. The number of benzene rings is 1. The van der Waals surface area contributed by atoms with Crippen LogP contribution in [0.2, 0.25) is 0 Å². The number of piperazine rings is 1. The number of nitrogens with zero attached hydrogens (tertiary/aromatic N) is 2. The first kappa shape index (κ1) is 15.5. The van der Waals surface area contributed by atoms with Crippen molar-refractivity contribution in [1.82, 2.24) is 15.1 Å². The maximum atomic E-state index is 12.3. The summed E-state index contributed by atoms with van der Waals surface area (Å²) in [6, 6.07) is 8.45. The van der Waals surface area contributed by atoms with Gasteiger partial charge in [-0.25, -0.2) is 0 Å². The first-order chi connectivity index (χ1) is 9.50. The van der Waals surface area contributed by atoms with Crippen molar-refractivity contribution in [1.29, 1.82) is 0 Å². The average Bonchev–Trinajstić information content (AvgIpc) is 2.45. The van der Waals surface area contributed by atoms with Gasteiger partial charge in [-0.15, -0.1) is 0 Å². The van der Waals surface area contributed by atoms with E-state index in [0.29, 0.717) is 0 Å². The summed E-state index contributed by atoms with van der Waals surface area (Å²) in [5.74, 6) is 0.166. The van der Waals surface area contributed by atoms with E-state index in [1.807, 2.05) is 26.2 Å². The largest absolute Gasteiger partial charge is 0.347 e. The molecule has 4 nitrogen and oxygen atoms in total. The Balaban J connectivity index is 2.21. The van der Waals surface area contributed by atoms with Gasteiger partial charge >= 0.3 is 0 Å². The van der Waals surface area contributed by atoms with E-state index in [4.69, 9.17) is 0 Å². The number of carbonyl (C=O) groups is 1. The van der Waals surface area contributed by atoms with Gasteiger partial charge in [0.25, 0.3) is 0 Å². The number of halogens is 1. The lowest BCUT2D eigenvalue weighted by atomic mass is 10.0. The zero-order valence-corrected chi connectivity index (χ0v) is 13.9.